The van der Waals surface area contributed by atoms with E-state index in [1.54, 1.807) is 6.33 Å². The highest BCUT2D eigenvalue weighted by molar-refractivity contribution is 5.95. The molecule has 2 N–H and O–H groups in total. The van der Waals surface area contributed by atoms with Gasteiger partial charge < -0.3 is 15.2 Å². The van der Waals surface area contributed by atoms with Gasteiger partial charge in [0.25, 0.3) is 0 Å². The second-order valence-corrected chi connectivity index (χ2v) is 8.60. The second kappa shape index (κ2) is 8.67. The summed E-state index contributed by atoms with van der Waals surface area (Å²) < 4.78 is 0. The Bertz CT molecular complexity index is 1170. The first-order valence-corrected chi connectivity index (χ1v) is 11.6. The van der Waals surface area contributed by atoms with Crippen molar-refractivity contribution in [1.29, 1.82) is 0 Å². The zero-order valence-corrected chi connectivity index (χ0v) is 18.4. The minimum absolute atomic E-state index is 0.530. The summed E-state index contributed by atoms with van der Waals surface area (Å²) in [4.78, 5) is 14.8. The van der Waals surface area contributed by atoms with E-state index >= 15 is 0 Å². The van der Waals surface area contributed by atoms with Crippen LogP contribution in [-0.2, 0) is 0 Å². The van der Waals surface area contributed by atoms with Gasteiger partial charge in [-0.25, -0.2) is 4.98 Å². The molecule has 1 aliphatic rings. The Morgan fingerprint density at radius 1 is 0.903 bits per heavy atom. The lowest BCUT2D eigenvalue weighted by atomic mass is 9.89. The normalized spacial score (nSPS) is 19.3. The summed E-state index contributed by atoms with van der Waals surface area (Å²) in [6, 6.07) is 16.3. The Kier molecular flexibility index (Phi) is 5.60. The number of rotatable bonds is 6. The predicted octanol–water partition coefficient (Wildman–Crippen LogP) is 5.84. The summed E-state index contributed by atoms with van der Waals surface area (Å²) in [6.07, 6.45) is 8.66. The van der Waals surface area contributed by atoms with E-state index in [0.29, 0.717) is 6.04 Å². The van der Waals surface area contributed by atoms with Gasteiger partial charge in [0.05, 0.1) is 22.9 Å². The molecule has 31 heavy (non-hydrogen) atoms. The molecule has 2 heterocycles. The van der Waals surface area contributed by atoms with Gasteiger partial charge in [0.15, 0.2) is 0 Å². The maximum atomic E-state index is 4.61. The average molecular weight is 414 g/mol. The topological polar surface area (TPSA) is 56.8 Å². The molecular formula is C26H31N5. The number of anilines is 1. The molecular weight excluding hydrogens is 382 g/mol. The molecule has 5 rings (SSSR count). The van der Waals surface area contributed by atoms with Gasteiger partial charge in [0, 0.05) is 29.4 Å². The van der Waals surface area contributed by atoms with Crippen molar-refractivity contribution in [3.8, 4) is 11.1 Å². The average Bonchev–Trinajstić information content (AvgIpc) is 3.29. The van der Waals surface area contributed by atoms with E-state index in [2.05, 4.69) is 81.5 Å². The Hall–Kier alpha value is -2.92. The molecule has 1 fully saturated rings. The van der Waals surface area contributed by atoms with Crippen molar-refractivity contribution in [3.63, 3.8) is 0 Å². The SMILES string of the molecule is CCN(CC)C1CCC(Nc2ccnc3ccc(-c4ccc5nc[nH]c5c4)cc23)CC1. The van der Waals surface area contributed by atoms with Crippen LogP contribution in [0.3, 0.4) is 0 Å². The third-order valence-corrected chi connectivity index (χ3v) is 6.88. The van der Waals surface area contributed by atoms with Gasteiger partial charge in [-0.3, -0.25) is 4.98 Å². The van der Waals surface area contributed by atoms with Crippen LogP contribution in [-0.4, -0.2) is 45.0 Å². The maximum Gasteiger partial charge on any atom is 0.0931 e. The zero-order chi connectivity index (χ0) is 21.2. The lowest BCUT2D eigenvalue weighted by Gasteiger charge is -2.36. The molecule has 1 saturated carbocycles. The summed E-state index contributed by atoms with van der Waals surface area (Å²) in [5.74, 6) is 0. The number of nitrogens with one attached hydrogen (secondary N) is 2. The Morgan fingerprint density at radius 3 is 2.42 bits per heavy atom. The van der Waals surface area contributed by atoms with E-state index in [9.17, 15) is 0 Å². The van der Waals surface area contributed by atoms with Crippen LogP contribution in [0, 0.1) is 0 Å². The lowest BCUT2D eigenvalue weighted by Crippen LogP contribution is -2.40. The van der Waals surface area contributed by atoms with Crippen molar-refractivity contribution in [2.24, 2.45) is 0 Å². The van der Waals surface area contributed by atoms with Crippen molar-refractivity contribution in [2.45, 2.75) is 51.6 Å². The number of imidazole rings is 1. The Morgan fingerprint density at radius 2 is 1.65 bits per heavy atom. The van der Waals surface area contributed by atoms with Crippen LogP contribution in [0.15, 0.2) is 55.0 Å². The van der Waals surface area contributed by atoms with Gasteiger partial charge in [-0.05, 0) is 80.2 Å². The van der Waals surface area contributed by atoms with E-state index in [1.165, 1.54) is 47.9 Å². The van der Waals surface area contributed by atoms with Gasteiger partial charge >= 0.3 is 0 Å². The molecule has 0 amide bonds. The molecule has 2 aromatic carbocycles. The summed E-state index contributed by atoms with van der Waals surface area (Å²) >= 11 is 0. The molecule has 0 bridgehead atoms. The number of aromatic nitrogens is 3. The molecule has 5 heteroatoms. The zero-order valence-electron chi connectivity index (χ0n) is 18.4. The fraction of sp³-hybridized carbons (Fsp3) is 0.385. The van der Waals surface area contributed by atoms with Gasteiger partial charge in [-0.2, -0.15) is 0 Å². The first-order chi connectivity index (χ1) is 15.2. The highest BCUT2D eigenvalue weighted by Crippen LogP contribution is 2.32. The molecule has 0 radical (unpaired) electrons. The monoisotopic (exact) mass is 413 g/mol. The van der Waals surface area contributed by atoms with Crippen LogP contribution in [0.2, 0.25) is 0 Å². The lowest BCUT2D eigenvalue weighted by molar-refractivity contribution is 0.167. The smallest absolute Gasteiger partial charge is 0.0931 e. The fourth-order valence-electron chi connectivity index (χ4n) is 5.11. The van der Waals surface area contributed by atoms with Crippen molar-refractivity contribution in [2.75, 3.05) is 18.4 Å². The fourth-order valence-corrected chi connectivity index (χ4v) is 5.11. The van der Waals surface area contributed by atoms with Gasteiger partial charge in [0.1, 0.15) is 0 Å². The molecule has 0 aliphatic heterocycles. The minimum Gasteiger partial charge on any atom is -0.382 e. The number of fused-ring (bicyclic) bond motifs is 2. The van der Waals surface area contributed by atoms with Crippen LogP contribution >= 0.6 is 0 Å². The summed E-state index contributed by atoms with van der Waals surface area (Å²) in [5.41, 5.74) is 6.67. The second-order valence-electron chi connectivity index (χ2n) is 8.60. The van der Waals surface area contributed by atoms with Crippen molar-refractivity contribution >= 4 is 27.6 Å². The van der Waals surface area contributed by atoms with Crippen molar-refractivity contribution in [3.05, 3.63) is 55.0 Å². The minimum atomic E-state index is 0.530. The number of hydrogen-bond acceptors (Lipinski definition) is 4. The number of aromatic amines is 1. The maximum absolute atomic E-state index is 4.61. The van der Waals surface area contributed by atoms with Gasteiger partial charge in [-0.15, -0.1) is 0 Å². The first-order valence-electron chi connectivity index (χ1n) is 11.6. The van der Waals surface area contributed by atoms with Crippen LogP contribution in [0.1, 0.15) is 39.5 Å². The third-order valence-electron chi connectivity index (χ3n) is 6.88. The molecule has 0 saturated heterocycles. The van der Waals surface area contributed by atoms with E-state index in [-0.39, 0.29) is 0 Å². The van der Waals surface area contributed by atoms with Crippen molar-refractivity contribution in [1.82, 2.24) is 19.9 Å². The predicted molar refractivity (Wildman–Crippen MR) is 129 cm³/mol. The molecule has 0 atom stereocenters. The number of H-pyrrole nitrogens is 1. The van der Waals surface area contributed by atoms with E-state index in [4.69, 9.17) is 0 Å². The quantitative estimate of drug-likeness (QED) is 0.417. The first kappa shape index (κ1) is 20.0. The summed E-state index contributed by atoms with van der Waals surface area (Å²) in [5, 5.41) is 5.04. The number of benzene rings is 2. The van der Waals surface area contributed by atoms with Crippen LogP contribution in [0.4, 0.5) is 5.69 Å². The highest BCUT2D eigenvalue weighted by atomic mass is 15.1. The van der Waals surface area contributed by atoms with Crippen LogP contribution < -0.4 is 5.32 Å². The van der Waals surface area contributed by atoms with Crippen LogP contribution in [0.25, 0.3) is 33.1 Å². The Labute approximate surface area is 183 Å². The molecule has 0 unspecified atom stereocenters. The third kappa shape index (κ3) is 4.02. The summed E-state index contributed by atoms with van der Waals surface area (Å²) in [6.45, 7) is 6.86. The molecule has 4 aromatic rings. The summed E-state index contributed by atoms with van der Waals surface area (Å²) in [7, 11) is 0. The largest absolute Gasteiger partial charge is 0.382 e. The molecule has 1 aliphatic carbocycles. The molecule has 160 valence electrons. The molecule has 5 nitrogen and oxygen atoms in total. The highest BCUT2D eigenvalue weighted by Gasteiger charge is 2.24. The van der Waals surface area contributed by atoms with E-state index in [1.807, 2.05) is 6.20 Å². The molecule has 0 spiro atoms. The molecule has 2 aromatic heterocycles. The number of nitrogens with zero attached hydrogens (tertiary/aromatic N) is 3. The Balaban J connectivity index is 1.38. The van der Waals surface area contributed by atoms with Gasteiger partial charge in [0.2, 0.25) is 0 Å². The van der Waals surface area contributed by atoms with Gasteiger partial charge in [-0.1, -0.05) is 26.0 Å². The number of pyridine rings is 1. The van der Waals surface area contributed by atoms with Crippen LogP contribution in [0.5, 0.6) is 0 Å². The standard InChI is InChI=1S/C26H31N5/c1-3-31(4-2)21-9-7-20(8-10-21)30-24-13-14-27-23-11-5-18(15-22(23)24)19-6-12-25-26(16-19)29-17-28-25/h5-6,11-17,20-21H,3-4,7-10H2,1-2H3,(H,27,30)(H,28,29). The van der Waals surface area contributed by atoms with E-state index < -0.39 is 0 Å². The van der Waals surface area contributed by atoms with Crippen molar-refractivity contribution < 1.29 is 0 Å². The number of hydrogen-bond donors (Lipinski definition) is 2. The van der Waals surface area contributed by atoms with E-state index in [0.717, 1.165) is 35.7 Å².